The molecular weight excluding hydrogens is 354 g/mol. The highest BCUT2D eigenvalue weighted by Crippen LogP contribution is 2.36. The van der Waals surface area contributed by atoms with E-state index in [2.05, 4.69) is 38.1 Å². The smallest absolute Gasteiger partial charge is 0.219 e. The fourth-order valence-corrected chi connectivity index (χ4v) is 4.97. The van der Waals surface area contributed by atoms with Gasteiger partial charge in [-0.1, -0.05) is 11.3 Å². The number of amides is 1. The lowest BCUT2D eigenvalue weighted by Crippen LogP contribution is -2.37. The summed E-state index contributed by atoms with van der Waals surface area (Å²) in [6, 6.07) is 4.60. The number of carbonyl (C=O) groups is 1. The van der Waals surface area contributed by atoms with Gasteiger partial charge in [0.1, 0.15) is 10.8 Å². The average Bonchev–Trinajstić information content (AvgIpc) is 3.34. The van der Waals surface area contributed by atoms with Crippen LogP contribution in [-0.2, 0) is 4.79 Å². The molecule has 0 aliphatic carbocycles. The van der Waals surface area contributed by atoms with Crippen molar-refractivity contribution in [3.05, 3.63) is 29.5 Å². The minimum absolute atomic E-state index is 0.166. The van der Waals surface area contributed by atoms with E-state index in [0.717, 1.165) is 51.5 Å². The number of thiophene rings is 1. The van der Waals surface area contributed by atoms with Crippen LogP contribution in [-0.4, -0.2) is 43.6 Å². The number of nitrogens with zero attached hydrogens (tertiary/aromatic N) is 5. The maximum Gasteiger partial charge on any atom is 0.219 e. The van der Waals surface area contributed by atoms with Crippen LogP contribution in [0.5, 0.6) is 0 Å². The number of piperidine rings is 1. The first kappa shape index (κ1) is 16.4. The summed E-state index contributed by atoms with van der Waals surface area (Å²) >= 11 is 3.31. The van der Waals surface area contributed by atoms with Crippen LogP contribution in [0, 0.1) is 6.92 Å². The van der Waals surface area contributed by atoms with Crippen LogP contribution in [0.1, 0.15) is 30.8 Å². The van der Waals surface area contributed by atoms with Crippen LogP contribution in [0.4, 0.5) is 0 Å². The SMILES string of the molecule is CC(=O)N1CCC(n2ccnc2-c2ccc(-c3nnc(C)s3)s2)CC1. The molecule has 3 aromatic rings. The monoisotopic (exact) mass is 373 g/mol. The van der Waals surface area contributed by atoms with Crippen molar-refractivity contribution in [2.24, 2.45) is 0 Å². The molecule has 1 amide bonds. The molecule has 0 aromatic carbocycles. The number of aromatic nitrogens is 4. The molecule has 25 heavy (non-hydrogen) atoms. The van der Waals surface area contributed by atoms with E-state index in [1.165, 1.54) is 0 Å². The lowest BCUT2D eigenvalue weighted by molar-refractivity contribution is -0.130. The Morgan fingerprint density at radius 1 is 1.16 bits per heavy atom. The Morgan fingerprint density at radius 2 is 1.92 bits per heavy atom. The van der Waals surface area contributed by atoms with Crippen molar-refractivity contribution in [2.75, 3.05) is 13.1 Å². The van der Waals surface area contributed by atoms with Gasteiger partial charge in [-0.25, -0.2) is 4.98 Å². The minimum Gasteiger partial charge on any atom is -0.343 e. The molecule has 4 heterocycles. The molecule has 8 heteroatoms. The van der Waals surface area contributed by atoms with Gasteiger partial charge in [0.15, 0.2) is 5.01 Å². The molecule has 0 atom stereocenters. The number of aryl methyl sites for hydroxylation is 1. The lowest BCUT2D eigenvalue weighted by atomic mass is 10.0. The van der Waals surface area contributed by atoms with Crippen molar-refractivity contribution in [1.29, 1.82) is 0 Å². The number of likely N-dealkylation sites (tertiary alicyclic amines) is 1. The summed E-state index contributed by atoms with van der Waals surface area (Å²) in [7, 11) is 0. The van der Waals surface area contributed by atoms with Crippen LogP contribution < -0.4 is 0 Å². The third-order valence-electron chi connectivity index (χ3n) is 4.54. The number of carbonyl (C=O) groups excluding carboxylic acids is 1. The standard InChI is InChI=1S/C17H19N5OS2/c1-11-19-20-17(24-11)15-4-3-14(25-15)16-18-7-10-22(16)13-5-8-21(9-6-13)12(2)23/h3-4,7,10,13H,5-6,8-9H2,1-2H3. The van der Waals surface area contributed by atoms with Crippen molar-refractivity contribution in [1.82, 2.24) is 24.6 Å². The van der Waals surface area contributed by atoms with Gasteiger partial charge in [0.05, 0.1) is 9.75 Å². The summed E-state index contributed by atoms with van der Waals surface area (Å²) < 4.78 is 2.26. The first-order valence-electron chi connectivity index (χ1n) is 8.31. The van der Waals surface area contributed by atoms with E-state index in [1.54, 1.807) is 29.6 Å². The zero-order chi connectivity index (χ0) is 17.4. The topological polar surface area (TPSA) is 63.9 Å². The molecule has 0 saturated carbocycles. The minimum atomic E-state index is 0.166. The van der Waals surface area contributed by atoms with Gasteiger partial charge in [0, 0.05) is 38.4 Å². The Morgan fingerprint density at radius 3 is 2.60 bits per heavy atom. The summed E-state index contributed by atoms with van der Waals surface area (Å²) in [5.41, 5.74) is 0. The third-order valence-corrected chi connectivity index (χ3v) is 6.62. The molecule has 0 spiro atoms. The summed E-state index contributed by atoms with van der Waals surface area (Å²) in [6.45, 7) is 5.25. The highest BCUT2D eigenvalue weighted by atomic mass is 32.1. The predicted molar refractivity (Wildman–Crippen MR) is 99.7 cm³/mol. The number of rotatable bonds is 3. The molecule has 1 fully saturated rings. The van der Waals surface area contributed by atoms with Gasteiger partial charge in [-0.05, 0) is 31.9 Å². The van der Waals surface area contributed by atoms with Crippen LogP contribution in [0.25, 0.3) is 20.6 Å². The fourth-order valence-electron chi connectivity index (χ4n) is 3.23. The summed E-state index contributed by atoms with van der Waals surface area (Å²) in [6.07, 6.45) is 5.85. The summed E-state index contributed by atoms with van der Waals surface area (Å²) in [5.74, 6) is 1.17. The maximum atomic E-state index is 11.5. The van der Waals surface area contributed by atoms with Crippen LogP contribution in [0.3, 0.4) is 0 Å². The van der Waals surface area contributed by atoms with Crippen molar-refractivity contribution in [3.8, 4) is 20.6 Å². The molecule has 130 valence electrons. The van der Waals surface area contributed by atoms with Crippen molar-refractivity contribution < 1.29 is 4.79 Å². The molecule has 0 N–H and O–H groups in total. The molecule has 0 bridgehead atoms. The molecule has 6 nitrogen and oxygen atoms in total. The van der Waals surface area contributed by atoms with Gasteiger partial charge < -0.3 is 9.47 Å². The summed E-state index contributed by atoms with van der Waals surface area (Å²) in [4.78, 5) is 20.3. The van der Waals surface area contributed by atoms with Gasteiger partial charge in [0.25, 0.3) is 0 Å². The molecule has 4 rings (SSSR count). The largest absolute Gasteiger partial charge is 0.343 e. The fraction of sp³-hybridized carbons (Fsp3) is 0.412. The van der Waals surface area contributed by atoms with Gasteiger partial charge in [-0.3, -0.25) is 4.79 Å². The van der Waals surface area contributed by atoms with E-state index in [0.29, 0.717) is 6.04 Å². The van der Waals surface area contributed by atoms with Crippen molar-refractivity contribution in [2.45, 2.75) is 32.7 Å². The quantitative estimate of drug-likeness (QED) is 0.703. The predicted octanol–water partition coefficient (Wildman–Crippen LogP) is 3.62. The zero-order valence-electron chi connectivity index (χ0n) is 14.2. The molecule has 0 unspecified atom stereocenters. The molecule has 1 aliphatic rings. The van der Waals surface area contributed by atoms with Gasteiger partial charge in [-0.15, -0.1) is 21.5 Å². The third kappa shape index (κ3) is 3.23. The van der Waals surface area contributed by atoms with E-state index in [-0.39, 0.29) is 5.91 Å². The van der Waals surface area contributed by atoms with E-state index < -0.39 is 0 Å². The first-order chi connectivity index (χ1) is 12.1. The van der Waals surface area contributed by atoms with E-state index in [4.69, 9.17) is 0 Å². The highest BCUT2D eigenvalue weighted by Gasteiger charge is 2.24. The second-order valence-corrected chi connectivity index (χ2v) is 8.45. The van der Waals surface area contributed by atoms with Crippen molar-refractivity contribution >= 4 is 28.6 Å². The second kappa shape index (κ2) is 6.68. The number of imidazole rings is 1. The Bertz CT molecular complexity index is 888. The van der Waals surface area contributed by atoms with Crippen molar-refractivity contribution in [3.63, 3.8) is 0 Å². The Labute approximate surface area is 154 Å². The number of hydrogen-bond donors (Lipinski definition) is 0. The van der Waals surface area contributed by atoms with E-state index in [1.807, 2.05) is 18.0 Å². The first-order valence-corrected chi connectivity index (χ1v) is 9.94. The Balaban J connectivity index is 1.56. The normalized spacial score (nSPS) is 15.7. The molecule has 1 aliphatic heterocycles. The van der Waals surface area contributed by atoms with E-state index >= 15 is 0 Å². The van der Waals surface area contributed by atoms with E-state index in [9.17, 15) is 4.79 Å². The highest BCUT2D eigenvalue weighted by molar-refractivity contribution is 7.23. The van der Waals surface area contributed by atoms with Crippen LogP contribution in [0.2, 0.25) is 0 Å². The Kier molecular flexibility index (Phi) is 4.39. The van der Waals surface area contributed by atoms with Gasteiger partial charge in [-0.2, -0.15) is 0 Å². The van der Waals surface area contributed by atoms with Gasteiger partial charge in [0.2, 0.25) is 5.91 Å². The average molecular weight is 374 g/mol. The zero-order valence-corrected chi connectivity index (χ0v) is 15.8. The molecule has 3 aromatic heterocycles. The van der Waals surface area contributed by atoms with Crippen LogP contribution >= 0.6 is 22.7 Å². The van der Waals surface area contributed by atoms with Crippen LogP contribution in [0.15, 0.2) is 24.5 Å². The summed E-state index contributed by atoms with van der Waals surface area (Å²) in [5, 5.41) is 10.3. The molecular formula is C17H19N5OS2. The lowest BCUT2D eigenvalue weighted by Gasteiger charge is -2.32. The second-order valence-electron chi connectivity index (χ2n) is 6.19. The number of hydrogen-bond acceptors (Lipinski definition) is 6. The van der Waals surface area contributed by atoms with Gasteiger partial charge >= 0.3 is 0 Å². The Hall–Kier alpha value is -2.06. The maximum absolute atomic E-state index is 11.5. The molecule has 0 radical (unpaired) electrons. The molecule has 1 saturated heterocycles.